The van der Waals surface area contributed by atoms with Crippen LogP contribution in [0.3, 0.4) is 0 Å². The number of anilines is 1. The third kappa shape index (κ3) is 3.62. The first-order valence-corrected chi connectivity index (χ1v) is 9.66. The number of amides is 1. The van der Waals surface area contributed by atoms with E-state index in [4.69, 9.17) is 0 Å². The van der Waals surface area contributed by atoms with E-state index in [9.17, 15) is 13.2 Å². The van der Waals surface area contributed by atoms with Crippen molar-refractivity contribution in [2.24, 2.45) is 0 Å². The summed E-state index contributed by atoms with van der Waals surface area (Å²) < 4.78 is 22.7. The van der Waals surface area contributed by atoms with Crippen molar-refractivity contribution in [3.63, 3.8) is 0 Å². The van der Waals surface area contributed by atoms with Gasteiger partial charge in [0.15, 0.2) is 9.84 Å². The lowest BCUT2D eigenvalue weighted by Crippen LogP contribution is -2.35. The van der Waals surface area contributed by atoms with Crippen molar-refractivity contribution in [3.05, 3.63) is 65.2 Å². The van der Waals surface area contributed by atoms with E-state index in [0.717, 1.165) is 18.5 Å². The van der Waals surface area contributed by atoms with E-state index in [0.29, 0.717) is 17.7 Å². The molecular weight excluding hydrogens is 310 g/mol. The zero-order valence-corrected chi connectivity index (χ0v) is 13.8. The average Bonchev–Trinajstić information content (AvgIpc) is 2.53. The molecule has 0 spiro atoms. The average molecular weight is 329 g/mol. The van der Waals surface area contributed by atoms with Crippen molar-refractivity contribution < 1.29 is 13.2 Å². The van der Waals surface area contributed by atoms with Gasteiger partial charge in [-0.3, -0.25) is 4.79 Å². The first kappa shape index (κ1) is 15.7. The fraction of sp³-hybridized carbons (Fsp3) is 0.278. The maximum absolute atomic E-state index is 12.8. The number of carbonyl (C=O) groups is 1. The molecule has 1 heterocycles. The molecule has 0 saturated heterocycles. The van der Waals surface area contributed by atoms with Gasteiger partial charge in [0.2, 0.25) is 0 Å². The molecule has 5 heteroatoms. The van der Waals surface area contributed by atoms with Gasteiger partial charge in [0.1, 0.15) is 0 Å². The number of benzene rings is 2. The summed E-state index contributed by atoms with van der Waals surface area (Å²) in [4.78, 5) is 14.6. The van der Waals surface area contributed by atoms with E-state index in [1.54, 1.807) is 24.3 Å². The quantitative estimate of drug-likeness (QED) is 0.870. The summed E-state index contributed by atoms with van der Waals surface area (Å²) in [6.07, 6.45) is 3.15. The lowest BCUT2D eigenvalue weighted by Gasteiger charge is -2.29. The molecule has 0 bridgehead atoms. The molecule has 1 aliphatic heterocycles. The van der Waals surface area contributed by atoms with Crippen LogP contribution in [0.5, 0.6) is 0 Å². The Hall–Kier alpha value is -2.14. The molecule has 0 aliphatic carbocycles. The predicted octanol–water partition coefficient (Wildman–Crippen LogP) is 2.82. The highest BCUT2D eigenvalue weighted by Crippen LogP contribution is 2.28. The number of hydrogen-bond donors (Lipinski definition) is 0. The molecule has 0 fully saturated rings. The van der Waals surface area contributed by atoms with E-state index in [1.165, 1.54) is 11.8 Å². The summed E-state index contributed by atoms with van der Waals surface area (Å²) in [7, 11) is -3.07. The Balaban J connectivity index is 1.84. The van der Waals surface area contributed by atoms with Crippen LogP contribution < -0.4 is 4.90 Å². The molecule has 0 radical (unpaired) electrons. The second-order valence-electron chi connectivity index (χ2n) is 5.96. The minimum Gasteiger partial charge on any atom is -0.308 e. The van der Waals surface area contributed by atoms with Crippen LogP contribution in [0.2, 0.25) is 0 Å². The first-order chi connectivity index (χ1) is 10.9. The summed E-state index contributed by atoms with van der Waals surface area (Å²) in [5.74, 6) is -0.0448. The normalized spacial score (nSPS) is 14.4. The molecule has 23 heavy (non-hydrogen) atoms. The predicted molar refractivity (Wildman–Crippen MR) is 91.4 cm³/mol. The minimum atomic E-state index is -3.07. The van der Waals surface area contributed by atoms with Crippen molar-refractivity contribution in [2.75, 3.05) is 17.7 Å². The van der Waals surface area contributed by atoms with Crippen molar-refractivity contribution in [2.45, 2.75) is 18.6 Å². The van der Waals surface area contributed by atoms with Gasteiger partial charge < -0.3 is 4.90 Å². The van der Waals surface area contributed by atoms with E-state index in [-0.39, 0.29) is 11.7 Å². The molecule has 2 aromatic rings. The molecule has 0 saturated carbocycles. The number of hydrogen-bond acceptors (Lipinski definition) is 3. The number of sulfone groups is 1. The van der Waals surface area contributed by atoms with Gasteiger partial charge in [-0.2, -0.15) is 0 Å². The number of aryl methyl sites for hydroxylation is 1. The fourth-order valence-electron chi connectivity index (χ4n) is 2.95. The summed E-state index contributed by atoms with van der Waals surface area (Å²) >= 11 is 0. The summed E-state index contributed by atoms with van der Waals surface area (Å²) in [5.41, 5.74) is 3.45. The molecule has 4 nitrogen and oxygen atoms in total. The van der Waals surface area contributed by atoms with Crippen molar-refractivity contribution in [1.29, 1.82) is 0 Å². The van der Waals surface area contributed by atoms with Gasteiger partial charge in [0.25, 0.3) is 5.91 Å². The Morgan fingerprint density at radius 3 is 2.48 bits per heavy atom. The topological polar surface area (TPSA) is 54.5 Å². The number of fused-ring (bicyclic) bond motifs is 1. The first-order valence-electron chi connectivity index (χ1n) is 7.60. The van der Waals surface area contributed by atoms with Crippen LogP contribution in [0.4, 0.5) is 5.69 Å². The lowest BCUT2D eigenvalue weighted by molar-refractivity contribution is 0.0985. The van der Waals surface area contributed by atoms with E-state index >= 15 is 0 Å². The van der Waals surface area contributed by atoms with Crippen molar-refractivity contribution >= 4 is 21.4 Å². The number of carbonyl (C=O) groups excluding carboxylic acids is 1. The Morgan fingerprint density at radius 1 is 1.09 bits per heavy atom. The Morgan fingerprint density at radius 2 is 1.78 bits per heavy atom. The summed E-state index contributed by atoms with van der Waals surface area (Å²) in [6.45, 7) is 0.709. The molecule has 1 amide bonds. The second kappa shape index (κ2) is 6.16. The molecule has 2 aromatic carbocycles. The monoisotopic (exact) mass is 329 g/mol. The summed E-state index contributed by atoms with van der Waals surface area (Å²) in [5, 5.41) is 0. The second-order valence-corrected chi connectivity index (χ2v) is 8.10. The highest BCUT2D eigenvalue weighted by atomic mass is 32.2. The van der Waals surface area contributed by atoms with Gasteiger partial charge in [0.05, 0.1) is 5.75 Å². The third-order valence-corrected chi connectivity index (χ3v) is 4.84. The Bertz CT molecular complexity index is 826. The molecular formula is C18H19NO3S. The third-order valence-electron chi connectivity index (χ3n) is 3.99. The van der Waals surface area contributed by atoms with Crippen molar-refractivity contribution in [3.8, 4) is 0 Å². The fourth-order valence-corrected chi connectivity index (χ4v) is 3.74. The van der Waals surface area contributed by atoms with Crippen LogP contribution in [0, 0.1) is 0 Å². The number of para-hydroxylation sites is 1. The van der Waals surface area contributed by atoms with E-state index in [2.05, 4.69) is 6.07 Å². The van der Waals surface area contributed by atoms with Gasteiger partial charge in [-0.1, -0.05) is 30.3 Å². The molecule has 0 N–H and O–H groups in total. The summed E-state index contributed by atoms with van der Waals surface area (Å²) in [6, 6.07) is 14.8. The molecule has 0 atom stereocenters. The number of rotatable bonds is 3. The Kier molecular flexibility index (Phi) is 4.22. The molecule has 0 aromatic heterocycles. The lowest BCUT2D eigenvalue weighted by atomic mass is 10.0. The molecule has 120 valence electrons. The highest BCUT2D eigenvalue weighted by molar-refractivity contribution is 7.89. The molecule has 3 rings (SSSR count). The maximum Gasteiger partial charge on any atom is 0.258 e. The number of nitrogens with zero attached hydrogens (tertiary/aromatic N) is 1. The Labute approximate surface area is 136 Å². The van der Waals surface area contributed by atoms with Gasteiger partial charge >= 0.3 is 0 Å². The standard InChI is InChI=1S/C18H19NO3S/c1-23(21,22)13-14-8-10-16(11-9-14)18(20)19-12-4-6-15-5-2-3-7-17(15)19/h2-3,5,7-11H,4,6,12-13H2,1H3. The van der Waals surface area contributed by atoms with E-state index in [1.807, 2.05) is 23.1 Å². The highest BCUT2D eigenvalue weighted by Gasteiger charge is 2.23. The maximum atomic E-state index is 12.8. The van der Waals surface area contributed by atoms with Crippen LogP contribution in [-0.4, -0.2) is 27.1 Å². The van der Waals surface area contributed by atoms with Crippen LogP contribution >= 0.6 is 0 Å². The van der Waals surface area contributed by atoms with Gasteiger partial charge in [-0.25, -0.2) is 8.42 Å². The zero-order valence-electron chi connectivity index (χ0n) is 13.0. The van der Waals surface area contributed by atoms with Crippen LogP contribution in [0.1, 0.15) is 27.9 Å². The van der Waals surface area contributed by atoms with Crippen LogP contribution in [0.15, 0.2) is 48.5 Å². The molecule has 1 aliphatic rings. The zero-order chi connectivity index (χ0) is 16.4. The van der Waals surface area contributed by atoms with Gasteiger partial charge in [-0.15, -0.1) is 0 Å². The largest absolute Gasteiger partial charge is 0.308 e. The molecule has 0 unspecified atom stereocenters. The van der Waals surface area contributed by atoms with Gasteiger partial charge in [-0.05, 0) is 42.2 Å². The van der Waals surface area contributed by atoms with E-state index < -0.39 is 9.84 Å². The van der Waals surface area contributed by atoms with Crippen LogP contribution in [-0.2, 0) is 22.0 Å². The van der Waals surface area contributed by atoms with Crippen LogP contribution in [0.25, 0.3) is 0 Å². The smallest absolute Gasteiger partial charge is 0.258 e. The SMILES string of the molecule is CS(=O)(=O)Cc1ccc(C(=O)N2CCCc3ccccc32)cc1. The van der Waals surface area contributed by atoms with Gasteiger partial charge in [0, 0.05) is 24.1 Å². The van der Waals surface area contributed by atoms with Crippen molar-refractivity contribution in [1.82, 2.24) is 0 Å². The minimum absolute atomic E-state index is 0.00593.